The van der Waals surface area contributed by atoms with Crippen LogP contribution in [0.2, 0.25) is 0 Å². The van der Waals surface area contributed by atoms with Crippen LogP contribution in [0.1, 0.15) is 40.5 Å². The van der Waals surface area contributed by atoms with Crippen LogP contribution < -0.4 is 5.32 Å². The summed E-state index contributed by atoms with van der Waals surface area (Å²) in [5.74, 6) is 1.05. The Hall–Kier alpha value is -0.370. The molecule has 1 heterocycles. The lowest BCUT2D eigenvalue weighted by Crippen LogP contribution is -2.47. The van der Waals surface area contributed by atoms with Gasteiger partial charge in [-0.2, -0.15) is 0 Å². The van der Waals surface area contributed by atoms with Crippen molar-refractivity contribution in [3.8, 4) is 0 Å². The minimum Gasteiger partial charge on any atom is -0.307 e. The molecule has 1 rings (SSSR count). The third kappa shape index (κ3) is 2.80. The minimum absolute atomic E-state index is 0.101. The van der Waals surface area contributed by atoms with Crippen molar-refractivity contribution in [2.75, 3.05) is 6.54 Å². The van der Waals surface area contributed by atoms with Crippen molar-refractivity contribution >= 4 is 5.78 Å². The molecule has 1 aliphatic heterocycles. The van der Waals surface area contributed by atoms with Gasteiger partial charge >= 0.3 is 0 Å². The van der Waals surface area contributed by atoms with Gasteiger partial charge in [0.1, 0.15) is 0 Å². The van der Waals surface area contributed by atoms with E-state index in [-0.39, 0.29) is 11.5 Å². The molecule has 0 radical (unpaired) electrons. The Kier molecular flexibility index (Phi) is 3.12. The van der Waals surface area contributed by atoms with Gasteiger partial charge < -0.3 is 5.32 Å². The number of hydrogen-bond acceptors (Lipinski definition) is 2. The zero-order valence-electron chi connectivity index (χ0n) is 9.18. The molecular weight excluding hydrogens is 162 g/mol. The second kappa shape index (κ2) is 3.79. The summed E-state index contributed by atoms with van der Waals surface area (Å²) >= 11 is 0. The zero-order valence-corrected chi connectivity index (χ0v) is 9.18. The van der Waals surface area contributed by atoms with Crippen LogP contribution in [-0.2, 0) is 4.79 Å². The summed E-state index contributed by atoms with van der Waals surface area (Å²) in [6.07, 6.45) is 2.21. The van der Waals surface area contributed by atoms with Gasteiger partial charge in [-0.05, 0) is 25.3 Å². The molecular formula is C11H21NO. The first-order chi connectivity index (χ1) is 5.91. The van der Waals surface area contributed by atoms with E-state index in [0.29, 0.717) is 11.7 Å². The van der Waals surface area contributed by atoms with Crippen LogP contribution in [0.5, 0.6) is 0 Å². The SMILES string of the molecule is C[C@@H]1CCN[C@@H](C(=O)C(C)(C)C)C1. The number of carbonyl (C=O) groups is 1. The lowest BCUT2D eigenvalue weighted by atomic mass is 9.81. The predicted molar refractivity (Wildman–Crippen MR) is 54.7 cm³/mol. The fourth-order valence-electron chi connectivity index (χ4n) is 1.83. The number of piperidine rings is 1. The molecule has 2 atom stereocenters. The van der Waals surface area contributed by atoms with Gasteiger partial charge in [-0.15, -0.1) is 0 Å². The summed E-state index contributed by atoms with van der Waals surface area (Å²) in [7, 11) is 0. The fraction of sp³-hybridized carbons (Fsp3) is 0.909. The summed E-state index contributed by atoms with van der Waals surface area (Å²) in [5.41, 5.74) is -0.200. The van der Waals surface area contributed by atoms with Crippen molar-refractivity contribution in [2.45, 2.75) is 46.6 Å². The average Bonchev–Trinajstić information content (AvgIpc) is 2.01. The molecule has 0 amide bonds. The first kappa shape index (κ1) is 10.7. The molecule has 2 nitrogen and oxygen atoms in total. The zero-order chi connectivity index (χ0) is 10.1. The van der Waals surface area contributed by atoms with Gasteiger partial charge in [0, 0.05) is 5.41 Å². The van der Waals surface area contributed by atoms with Gasteiger partial charge in [-0.1, -0.05) is 27.7 Å². The smallest absolute Gasteiger partial charge is 0.155 e. The first-order valence-electron chi connectivity index (χ1n) is 5.19. The lowest BCUT2D eigenvalue weighted by Gasteiger charge is -2.31. The molecule has 13 heavy (non-hydrogen) atoms. The largest absolute Gasteiger partial charge is 0.307 e. The summed E-state index contributed by atoms with van der Waals surface area (Å²) in [5, 5.41) is 3.31. The Balaban J connectivity index is 2.56. The highest BCUT2D eigenvalue weighted by atomic mass is 16.1. The number of rotatable bonds is 1. The van der Waals surface area contributed by atoms with Crippen molar-refractivity contribution in [1.29, 1.82) is 0 Å². The van der Waals surface area contributed by atoms with Crippen LogP contribution in [0, 0.1) is 11.3 Å². The van der Waals surface area contributed by atoms with Crippen LogP contribution in [0.3, 0.4) is 0 Å². The van der Waals surface area contributed by atoms with E-state index in [1.165, 1.54) is 6.42 Å². The number of hydrogen-bond donors (Lipinski definition) is 1. The maximum absolute atomic E-state index is 11.9. The summed E-state index contributed by atoms with van der Waals surface area (Å²) in [4.78, 5) is 11.9. The van der Waals surface area contributed by atoms with Crippen LogP contribution in [0.15, 0.2) is 0 Å². The molecule has 0 aromatic carbocycles. The van der Waals surface area contributed by atoms with E-state index in [0.717, 1.165) is 13.0 Å². The number of ketones is 1. The Labute approximate surface area is 81.1 Å². The van der Waals surface area contributed by atoms with E-state index in [1.807, 2.05) is 20.8 Å². The van der Waals surface area contributed by atoms with Crippen molar-refractivity contribution in [3.05, 3.63) is 0 Å². The van der Waals surface area contributed by atoms with E-state index in [2.05, 4.69) is 12.2 Å². The molecule has 1 N–H and O–H groups in total. The monoisotopic (exact) mass is 183 g/mol. The highest BCUT2D eigenvalue weighted by Crippen LogP contribution is 2.23. The number of nitrogens with one attached hydrogen (secondary N) is 1. The molecule has 0 saturated carbocycles. The molecule has 1 saturated heterocycles. The van der Waals surface area contributed by atoms with Gasteiger partial charge in [0.15, 0.2) is 5.78 Å². The highest BCUT2D eigenvalue weighted by molar-refractivity contribution is 5.88. The Morgan fingerprint density at radius 1 is 1.38 bits per heavy atom. The number of Topliss-reactive ketones (excluding diaryl/α,β-unsaturated/α-hetero) is 1. The van der Waals surface area contributed by atoms with Crippen LogP contribution in [0.25, 0.3) is 0 Å². The summed E-state index contributed by atoms with van der Waals surface area (Å²) in [6, 6.07) is 0.101. The van der Waals surface area contributed by atoms with Crippen molar-refractivity contribution in [3.63, 3.8) is 0 Å². The van der Waals surface area contributed by atoms with Crippen molar-refractivity contribution < 1.29 is 4.79 Å². The van der Waals surface area contributed by atoms with E-state index in [4.69, 9.17) is 0 Å². The topological polar surface area (TPSA) is 29.1 Å². The van der Waals surface area contributed by atoms with Gasteiger partial charge in [0.25, 0.3) is 0 Å². The molecule has 1 fully saturated rings. The molecule has 0 unspecified atom stereocenters. The highest BCUT2D eigenvalue weighted by Gasteiger charge is 2.31. The molecule has 0 spiro atoms. The maximum atomic E-state index is 11.9. The minimum atomic E-state index is -0.200. The molecule has 0 aliphatic carbocycles. The van der Waals surface area contributed by atoms with Gasteiger partial charge in [0.2, 0.25) is 0 Å². The fourth-order valence-corrected chi connectivity index (χ4v) is 1.83. The molecule has 0 aromatic heterocycles. The summed E-state index contributed by atoms with van der Waals surface area (Å²) < 4.78 is 0. The molecule has 1 aliphatic rings. The van der Waals surface area contributed by atoms with E-state index in [1.54, 1.807) is 0 Å². The van der Waals surface area contributed by atoms with E-state index < -0.39 is 0 Å². The molecule has 2 heteroatoms. The second-order valence-electron chi connectivity index (χ2n) is 5.25. The predicted octanol–water partition coefficient (Wildman–Crippen LogP) is 1.99. The van der Waals surface area contributed by atoms with Crippen molar-refractivity contribution in [1.82, 2.24) is 5.32 Å². The van der Waals surface area contributed by atoms with Gasteiger partial charge in [0.05, 0.1) is 6.04 Å². The van der Waals surface area contributed by atoms with Crippen LogP contribution >= 0.6 is 0 Å². The summed E-state index contributed by atoms with van der Waals surface area (Å²) in [6.45, 7) is 9.21. The molecule has 0 aromatic rings. The third-order valence-corrected chi connectivity index (χ3v) is 2.72. The Morgan fingerprint density at radius 3 is 2.46 bits per heavy atom. The molecule has 0 bridgehead atoms. The third-order valence-electron chi connectivity index (χ3n) is 2.72. The lowest BCUT2D eigenvalue weighted by molar-refractivity contribution is -0.129. The number of carbonyl (C=O) groups excluding carboxylic acids is 1. The second-order valence-corrected chi connectivity index (χ2v) is 5.25. The Morgan fingerprint density at radius 2 is 2.00 bits per heavy atom. The first-order valence-corrected chi connectivity index (χ1v) is 5.19. The van der Waals surface area contributed by atoms with Gasteiger partial charge in [-0.3, -0.25) is 4.79 Å². The average molecular weight is 183 g/mol. The van der Waals surface area contributed by atoms with Crippen molar-refractivity contribution in [2.24, 2.45) is 11.3 Å². The van der Waals surface area contributed by atoms with E-state index in [9.17, 15) is 4.79 Å². The Bertz CT molecular complexity index is 193. The normalized spacial score (nSPS) is 30.2. The van der Waals surface area contributed by atoms with Gasteiger partial charge in [-0.25, -0.2) is 0 Å². The molecule has 76 valence electrons. The van der Waals surface area contributed by atoms with Crippen LogP contribution in [-0.4, -0.2) is 18.4 Å². The quantitative estimate of drug-likeness (QED) is 0.673. The van der Waals surface area contributed by atoms with Crippen LogP contribution in [0.4, 0.5) is 0 Å². The van der Waals surface area contributed by atoms with E-state index >= 15 is 0 Å². The standard InChI is InChI=1S/C11H21NO/c1-8-5-6-12-9(7-8)10(13)11(2,3)4/h8-9,12H,5-7H2,1-4H3/t8-,9-/m1/s1. The maximum Gasteiger partial charge on any atom is 0.155 e.